The molecule has 1 rings (SSSR count). The highest BCUT2D eigenvalue weighted by Crippen LogP contribution is 2.30. The normalized spacial score (nSPS) is 21.2. The fourth-order valence-corrected chi connectivity index (χ4v) is 5.10. The zero-order valence-corrected chi connectivity index (χ0v) is 26.1. The van der Waals surface area contributed by atoms with E-state index in [-0.39, 0.29) is 23.9 Å². The van der Waals surface area contributed by atoms with Crippen molar-refractivity contribution < 1.29 is 34.1 Å². The quantitative estimate of drug-likeness (QED) is 0.328. The number of carbonyl (C=O) groups is 3. The lowest BCUT2D eigenvalue weighted by Crippen LogP contribution is -2.57. The first-order chi connectivity index (χ1) is 17.7. The maximum atomic E-state index is 13.7. The predicted octanol–water partition coefficient (Wildman–Crippen LogP) is 3.87. The predicted molar refractivity (Wildman–Crippen MR) is 151 cm³/mol. The number of rotatable bonds is 11. The standard InChI is InChI=1S/C29H53N3O7/c1-17(2)21(31(11)25(34)23(28(5,6)7)30-27(37)39-29(8,9)10)16-18(3)24(33)32-15-13-14-20(32)22(38-12)19(4)26(35)36/h16-17,19-24,33H,13-15H2,1-12H3,(H,30,37)(H,35,36)/b18-16+/t19-,20+,21-,22-,23-,24?/m1/s1. The molecule has 0 aromatic carbocycles. The monoisotopic (exact) mass is 555 g/mol. The number of aliphatic hydroxyl groups is 1. The summed E-state index contributed by atoms with van der Waals surface area (Å²) >= 11 is 0. The van der Waals surface area contributed by atoms with Gasteiger partial charge in [0.15, 0.2) is 0 Å². The second kappa shape index (κ2) is 13.9. The Balaban J connectivity index is 3.23. The number of ether oxygens (including phenoxy) is 2. The third-order valence-electron chi connectivity index (χ3n) is 7.28. The Morgan fingerprint density at radius 1 is 1.10 bits per heavy atom. The number of amides is 2. The van der Waals surface area contributed by atoms with Gasteiger partial charge in [-0.1, -0.05) is 40.7 Å². The van der Waals surface area contributed by atoms with Crippen molar-refractivity contribution >= 4 is 18.0 Å². The number of aliphatic carboxylic acids is 1. The molecule has 0 saturated carbocycles. The number of carboxylic acids is 1. The molecule has 0 aromatic rings. The molecule has 3 N–H and O–H groups in total. The van der Waals surface area contributed by atoms with Gasteiger partial charge < -0.3 is 29.9 Å². The van der Waals surface area contributed by atoms with Gasteiger partial charge in [0.2, 0.25) is 5.91 Å². The van der Waals surface area contributed by atoms with Crippen molar-refractivity contribution in [2.45, 2.75) is 118 Å². The van der Waals surface area contributed by atoms with Crippen LogP contribution in [-0.2, 0) is 19.1 Å². The van der Waals surface area contributed by atoms with Crippen molar-refractivity contribution in [2.75, 3.05) is 20.7 Å². The number of aliphatic hydroxyl groups excluding tert-OH is 1. The van der Waals surface area contributed by atoms with Gasteiger partial charge in [0.1, 0.15) is 17.9 Å². The van der Waals surface area contributed by atoms with E-state index in [0.717, 1.165) is 12.8 Å². The topological polar surface area (TPSA) is 129 Å². The van der Waals surface area contributed by atoms with Crippen molar-refractivity contribution in [3.63, 3.8) is 0 Å². The summed E-state index contributed by atoms with van der Waals surface area (Å²) in [5.74, 6) is -1.92. The Kier molecular flexibility index (Phi) is 12.5. The van der Waals surface area contributed by atoms with Crippen LogP contribution >= 0.6 is 0 Å². The number of nitrogens with one attached hydrogen (secondary N) is 1. The van der Waals surface area contributed by atoms with E-state index in [1.165, 1.54) is 7.11 Å². The molecule has 39 heavy (non-hydrogen) atoms. The zero-order chi connectivity index (χ0) is 30.5. The number of carboxylic acid groups (broad SMARTS) is 1. The van der Waals surface area contributed by atoms with Gasteiger partial charge in [-0.05, 0) is 64.4 Å². The Morgan fingerprint density at radius 3 is 2.10 bits per heavy atom. The van der Waals surface area contributed by atoms with Crippen LogP contribution in [0.3, 0.4) is 0 Å². The van der Waals surface area contributed by atoms with E-state index in [1.807, 2.05) is 52.5 Å². The van der Waals surface area contributed by atoms with Gasteiger partial charge in [-0.15, -0.1) is 0 Å². The number of carbonyl (C=O) groups excluding carboxylic acids is 2. The lowest BCUT2D eigenvalue weighted by molar-refractivity contribution is -0.149. The van der Waals surface area contributed by atoms with Crippen molar-refractivity contribution in [2.24, 2.45) is 17.3 Å². The SMILES string of the molecule is CO[C@H]([C@@H](C)C(=O)O)[C@@H]1CCCN1C(O)/C(C)=C/[C@H](C(C)C)N(C)C(=O)[C@@H](NC(=O)OC(C)(C)C)C(C)(C)C. The number of nitrogens with zero attached hydrogens (tertiary/aromatic N) is 2. The Bertz CT molecular complexity index is 875. The molecule has 1 aliphatic rings. The molecule has 6 atom stereocenters. The number of hydrogen-bond acceptors (Lipinski definition) is 7. The molecule has 1 fully saturated rings. The maximum Gasteiger partial charge on any atom is 0.408 e. The molecule has 1 unspecified atom stereocenters. The molecule has 1 saturated heterocycles. The molecule has 0 spiro atoms. The van der Waals surface area contributed by atoms with Crippen molar-refractivity contribution in [3.05, 3.63) is 11.6 Å². The maximum absolute atomic E-state index is 13.7. The van der Waals surface area contributed by atoms with Crippen LogP contribution in [0.25, 0.3) is 0 Å². The number of likely N-dealkylation sites (N-methyl/N-ethyl adjacent to an activating group) is 1. The highest BCUT2D eigenvalue weighted by Gasteiger charge is 2.41. The first-order valence-electron chi connectivity index (χ1n) is 13.9. The highest BCUT2D eigenvalue weighted by atomic mass is 16.6. The van der Waals surface area contributed by atoms with Gasteiger partial charge in [0.25, 0.3) is 0 Å². The second-order valence-electron chi connectivity index (χ2n) is 13.2. The number of alkyl carbamates (subject to hydrolysis) is 1. The Hall–Kier alpha value is -2.17. The Morgan fingerprint density at radius 2 is 1.67 bits per heavy atom. The zero-order valence-electron chi connectivity index (χ0n) is 26.1. The van der Waals surface area contributed by atoms with Crippen LogP contribution in [0.2, 0.25) is 0 Å². The minimum atomic E-state index is -0.959. The van der Waals surface area contributed by atoms with E-state index in [9.17, 15) is 24.6 Å². The summed E-state index contributed by atoms with van der Waals surface area (Å²) < 4.78 is 11.0. The molecule has 0 aromatic heterocycles. The molecule has 10 heteroatoms. The largest absolute Gasteiger partial charge is 0.481 e. The van der Waals surface area contributed by atoms with Crippen LogP contribution in [-0.4, -0.2) is 94.7 Å². The minimum absolute atomic E-state index is 0.0105. The van der Waals surface area contributed by atoms with Crippen LogP contribution in [0, 0.1) is 17.3 Å². The van der Waals surface area contributed by atoms with Crippen LogP contribution in [0.4, 0.5) is 4.79 Å². The van der Waals surface area contributed by atoms with Gasteiger partial charge >= 0.3 is 12.1 Å². The lowest BCUT2D eigenvalue weighted by Gasteiger charge is -2.39. The lowest BCUT2D eigenvalue weighted by atomic mass is 9.85. The molecule has 2 amide bonds. The number of hydrogen-bond donors (Lipinski definition) is 3. The van der Waals surface area contributed by atoms with E-state index < -0.39 is 47.4 Å². The summed E-state index contributed by atoms with van der Waals surface area (Å²) in [4.78, 5) is 41.4. The fraction of sp³-hybridized carbons (Fsp3) is 0.828. The Labute approximate surface area is 235 Å². The molecule has 226 valence electrons. The summed E-state index contributed by atoms with van der Waals surface area (Å²) in [5, 5.41) is 23.6. The minimum Gasteiger partial charge on any atom is -0.481 e. The first kappa shape index (κ1) is 34.9. The van der Waals surface area contributed by atoms with Crippen molar-refractivity contribution in [1.29, 1.82) is 0 Å². The van der Waals surface area contributed by atoms with E-state index in [2.05, 4.69) is 5.32 Å². The summed E-state index contributed by atoms with van der Waals surface area (Å²) in [6, 6.07) is -1.45. The van der Waals surface area contributed by atoms with Gasteiger partial charge in [0, 0.05) is 26.7 Å². The number of likely N-dealkylation sites (tertiary alicyclic amines) is 1. The smallest absolute Gasteiger partial charge is 0.408 e. The average molecular weight is 556 g/mol. The molecular formula is C29H53N3O7. The van der Waals surface area contributed by atoms with Crippen LogP contribution in [0.15, 0.2) is 11.6 Å². The first-order valence-corrected chi connectivity index (χ1v) is 13.9. The summed E-state index contributed by atoms with van der Waals surface area (Å²) in [5.41, 5.74) is -0.624. The summed E-state index contributed by atoms with van der Waals surface area (Å²) in [6.45, 7) is 19.0. The number of methoxy groups -OCH3 is 1. The van der Waals surface area contributed by atoms with Crippen LogP contribution in [0.1, 0.15) is 82.1 Å². The van der Waals surface area contributed by atoms with Crippen molar-refractivity contribution in [1.82, 2.24) is 15.1 Å². The van der Waals surface area contributed by atoms with Gasteiger partial charge in [-0.25, -0.2) is 4.79 Å². The van der Waals surface area contributed by atoms with Gasteiger partial charge in [-0.2, -0.15) is 0 Å². The fourth-order valence-electron chi connectivity index (χ4n) is 5.10. The summed E-state index contributed by atoms with van der Waals surface area (Å²) in [7, 11) is 3.20. The third-order valence-corrected chi connectivity index (χ3v) is 7.28. The molecule has 10 nitrogen and oxygen atoms in total. The van der Waals surface area contributed by atoms with Gasteiger partial charge in [0.05, 0.1) is 18.1 Å². The van der Waals surface area contributed by atoms with Gasteiger partial charge in [-0.3, -0.25) is 14.5 Å². The van der Waals surface area contributed by atoms with E-state index in [4.69, 9.17) is 9.47 Å². The van der Waals surface area contributed by atoms with Crippen LogP contribution in [0.5, 0.6) is 0 Å². The third kappa shape index (κ3) is 9.76. The molecule has 0 radical (unpaired) electrons. The summed E-state index contributed by atoms with van der Waals surface area (Å²) in [6.07, 6.45) is 1.24. The van der Waals surface area contributed by atoms with Crippen molar-refractivity contribution in [3.8, 4) is 0 Å². The van der Waals surface area contributed by atoms with E-state index in [1.54, 1.807) is 39.6 Å². The van der Waals surface area contributed by atoms with E-state index >= 15 is 0 Å². The molecule has 1 aliphatic heterocycles. The molecular weight excluding hydrogens is 502 g/mol. The molecule has 1 heterocycles. The van der Waals surface area contributed by atoms with Crippen LogP contribution < -0.4 is 5.32 Å². The van der Waals surface area contributed by atoms with E-state index in [0.29, 0.717) is 12.1 Å². The molecule has 0 aliphatic carbocycles. The molecule has 0 bridgehead atoms. The average Bonchev–Trinajstić information content (AvgIpc) is 3.27. The second-order valence-corrected chi connectivity index (χ2v) is 13.2. The highest BCUT2D eigenvalue weighted by molar-refractivity contribution is 5.86.